The number of nitrogens with one attached hydrogen (secondary N) is 2. The van der Waals surface area contributed by atoms with Gasteiger partial charge in [0.1, 0.15) is 6.54 Å². The third-order valence-electron chi connectivity index (χ3n) is 1.84. The minimum absolute atomic E-state index is 0. The van der Waals surface area contributed by atoms with Crippen molar-refractivity contribution in [2.45, 2.75) is 26.3 Å². The lowest BCUT2D eigenvalue weighted by atomic mass is 10.1. The van der Waals surface area contributed by atoms with E-state index in [1.807, 2.05) is 20.8 Å². The standard InChI is InChI=1S/C12H19N5O.HI/c1-12(2,3)17-11(13)15-8-10(18)16-9-5-4-6-14-7-9;/h4-7H,8H2,1-3H3,(H,16,18)(H3,13,15,17);1H. The lowest BCUT2D eigenvalue weighted by Crippen LogP contribution is -2.45. The van der Waals surface area contributed by atoms with E-state index in [2.05, 4.69) is 20.6 Å². The number of aromatic nitrogens is 1. The molecule has 0 unspecified atom stereocenters. The highest BCUT2D eigenvalue weighted by Gasteiger charge is 2.10. The fraction of sp³-hybridized carbons (Fsp3) is 0.417. The summed E-state index contributed by atoms with van der Waals surface area (Å²) in [5.41, 5.74) is 6.11. The van der Waals surface area contributed by atoms with Gasteiger partial charge in [-0.05, 0) is 32.9 Å². The SMILES string of the molecule is CC(C)(C)NC(N)=NCC(=O)Nc1cccnc1.I. The zero-order valence-electron chi connectivity index (χ0n) is 11.3. The van der Waals surface area contributed by atoms with Crippen LogP contribution < -0.4 is 16.4 Å². The van der Waals surface area contributed by atoms with E-state index in [1.54, 1.807) is 24.5 Å². The van der Waals surface area contributed by atoms with E-state index >= 15 is 0 Å². The Bertz CT molecular complexity index is 427. The normalized spacial score (nSPS) is 11.4. The predicted octanol–water partition coefficient (Wildman–Crippen LogP) is 1.34. The second-order valence-corrected chi connectivity index (χ2v) is 4.87. The van der Waals surface area contributed by atoms with Gasteiger partial charge in [-0.3, -0.25) is 9.78 Å². The summed E-state index contributed by atoms with van der Waals surface area (Å²) in [5, 5.41) is 5.64. The molecular weight excluding hydrogens is 357 g/mol. The number of anilines is 1. The summed E-state index contributed by atoms with van der Waals surface area (Å²) in [4.78, 5) is 19.4. The molecule has 0 atom stereocenters. The number of rotatable bonds is 3. The van der Waals surface area contributed by atoms with Crippen molar-refractivity contribution in [3.05, 3.63) is 24.5 Å². The van der Waals surface area contributed by atoms with E-state index in [4.69, 9.17) is 5.73 Å². The summed E-state index contributed by atoms with van der Waals surface area (Å²) in [7, 11) is 0. The van der Waals surface area contributed by atoms with Crippen molar-refractivity contribution in [2.24, 2.45) is 10.7 Å². The van der Waals surface area contributed by atoms with Crippen LogP contribution in [0.25, 0.3) is 0 Å². The molecule has 1 amide bonds. The van der Waals surface area contributed by atoms with E-state index in [9.17, 15) is 4.79 Å². The number of hydrogen-bond donors (Lipinski definition) is 3. The summed E-state index contributed by atoms with van der Waals surface area (Å²) in [5.74, 6) is 0.0190. The van der Waals surface area contributed by atoms with Crippen LogP contribution in [0, 0.1) is 0 Å². The van der Waals surface area contributed by atoms with Crippen molar-refractivity contribution in [3.63, 3.8) is 0 Å². The maximum absolute atomic E-state index is 11.6. The highest BCUT2D eigenvalue weighted by molar-refractivity contribution is 14.0. The average molecular weight is 377 g/mol. The quantitative estimate of drug-likeness (QED) is 0.421. The molecule has 0 radical (unpaired) electrons. The maximum atomic E-state index is 11.6. The second-order valence-electron chi connectivity index (χ2n) is 4.87. The van der Waals surface area contributed by atoms with Gasteiger partial charge in [0.05, 0.1) is 11.9 Å². The molecule has 4 N–H and O–H groups in total. The van der Waals surface area contributed by atoms with Gasteiger partial charge >= 0.3 is 0 Å². The largest absolute Gasteiger partial charge is 0.370 e. The van der Waals surface area contributed by atoms with Crippen LogP contribution in [0.4, 0.5) is 5.69 Å². The summed E-state index contributed by atoms with van der Waals surface area (Å²) in [6.07, 6.45) is 3.21. The molecule has 1 heterocycles. The Labute approximate surface area is 130 Å². The van der Waals surface area contributed by atoms with E-state index < -0.39 is 0 Å². The predicted molar refractivity (Wildman–Crippen MR) is 87.7 cm³/mol. The Hall–Kier alpha value is -1.38. The molecule has 0 fully saturated rings. The van der Waals surface area contributed by atoms with Crippen LogP contribution >= 0.6 is 24.0 Å². The highest BCUT2D eigenvalue weighted by Crippen LogP contribution is 2.02. The topological polar surface area (TPSA) is 92.4 Å². The molecule has 0 aliphatic heterocycles. The maximum Gasteiger partial charge on any atom is 0.246 e. The molecule has 19 heavy (non-hydrogen) atoms. The van der Waals surface area contributed by atoms with Gasteiger partial charge in [-0.1, -0.05) is 0 Å². The molecule has 0 aliphatic carbocycles. The molecule has 1 aromatic heterocycles. The molecule has 0 aliphatic rings. The van der Waals surface area contributed by atoms with Crippen molar-refractivity contribution in [3.8, 4) is 0 Å². The van der Waals surface area contributed by atoms with Crippen LogP contribution in [0.1, 0.15) is 20.8 Å². The van der Waals surface area contributed by atoms with Gasteiger partial charge in [-0.15, -0.1) is 24.0 Å². The molecule has 6 nitrogen and oxygen atoms in total. The van der Waals surface area contributed by atoms with Crippen LogP contribution in [-0.4, -0.2) is 28.9 Å². The molecule has 0 saturated heterocycles. The number of carbonyl (C=O) groups excluding carboxylic acids is 1. The van der Waals surface area contributed by atoms with Crippen molar-refractivity contribution in [1.82, 2.24) is 10.3 Å². The Morgan fingerprint density at radius 3 is 2.68 bits per heavy atom. The Balaban J connectivity index is 0.00000324. The lowest BCUT2D eigenvalue weighted by molar-refractivity contribution is -0.114. The number of pyridine rings is 1. The van der Waals surface area contributed by atoms with Gasteiger partial charge in [0.15, 0.2) is 5.96 Å². The first-order chi connectivity index (χ1) is 8.37. The lowest BCUT2D eigenvalue weighted by Gasteiger charge is -2.20. The minimum Gasteiger partial charge on any atom is -0.370 e. The smallest absolute Gasteiger partial charge is 0.246 e. The van der Waals surface area contributed by atoms with Crippen LogP contribution in [0.2, 0.25) is 0 Å². The van der Waals surface area contributed by atoms with E-state index in [0.29, 0.717) is 5.69 Å². The first kappa shape index (κ1) is 17.6. The number of nitrogens with two attached hydrogens (primary N) is 1. The van der Waals surface area contributed by atoms with Crippen molar-refractivity contribution in [1.29, 1.82) is 0 Å². The number of nitrogens with zero attached hydrogens (tertiary/aromatic N) is 2. The second kappa shape index (κ2) is 7.93. The Morgan fingerprint density at radius 1 is 1.47 bits per heavy atom. The average Bonchev–Trinajstić information content (AvgIpc) is 2.25. The molecule has 0 aromatic carbocycles. The number of halogens is 1. The van der Waals surface area contributed by atoms with Crippen molar-refractivity contribution < 1.29 is 4.79 Å². The first-order valence-corrected chi connectivity index (χ1v) is 5.65. The number of hydrogen-bond acceptors (Lipinski definition) is 3. The first-order valence-electron chi connectivity index (χ1n) is 5.65. The van der Waals surface area contributed by atoms with Gasteiger partial charge < -0.3 is 16.4 Å². The third-order valence-corrected chi connectivity index (χ3v) is 1.84. The zero-order valence-corrected chi connectivity index (χ0v) is 13.6. The summed E-state index contributed by atoms with van der Waals surface area (Å²) in [6.45, 7) is 5.87. The molecule has 1 rings (SSSR count). The molecule has 1 aromatic rings. The molecule has 0 saturated carbocycles. The molecule has 0 bridgehead atoms. The van der Waals surface area contributed by atoms with Gasteiger partial charge in [-0.2, -0.15) is 0 Å². The van der Waals surface area contributed by atoms with Crippen LogP contribution in [0.15, 0.2) is 29.5 Å². The zero-order chi connectivity index (χ0) is 13.6. The number of aliphatic imine (C=N–C) groups is 1. The highest BCUT2D eigenvalue weighted by atomic mass is 127. The summed E-state index contributed by atoms with van der Waals surface area (Å²) in [6, 6.07) is 3.50. The fourth-order valence-corrected chi connectivity index (χ4v) is 1.22. The van der Waals surface area contributed by atoms with Crippen LogP contribution in [-0.2, 0) is 4.79 Å². The number of guanidine groups is 1. The molecule has 106 valence electrons. The number of carbonyl (C=O) groups is 1. The van der Waals surface area contributed by atoms with Gasteiger partial charge in [-0.25, -0.2) is 4.99 Å². The molecular formula is C12H20IN5O. The third kappa shape index (κ3) is 8.36. The van der Waals surface area contributed by atoms with E-state index in [0.717, 1.165) is 0 Å². The summed E-state index contributed by atoms with van der Waals surface area (Å²) >= 11 is 0. The van der Waals surface area contributed by atoms with Crippen molar-refractivity contribution >= 4 is 41.5 Å². The minimum atomic E-state index is -0.235. The Morgan fingerprint density at radius 2 is 2.16 bits per heavy atom. The number of amides is 1. The molecule has 0 spiro atoms. The van der Waals surface area contributed by atoms with Crippen LogP contribution in [0.5, 0.6) is 0 Å². The van der Waals surface area contributed by atoms with Gasteiger partial charge in [0.2, 0.25) is 5.91 Å². The van der Waals surface area contributed by atoms with Gasteiger partial charge in [0, 0.05) is 11.7 Å². The van der Waals surface area contributed by atoms with E-state index in [1.165, 1.54) is 0 Å². The van der Waals surface area contributed by atoms with Gasteiger partial charge in [0.25, 0.3) is 0 Å². The van der Waals surface area contributed by atoms with Crippen molar-refractivity contribution in [2.75, 3.05) is 11.9 Å². The van der Waals surface area contributed by atoms with Crippen LogP contribution in [0.3, 0.4) is 0 Å². The Kier molecular flexibility index (Phi) is 7.35. The monoisotopic (exact) mass is 377 g/mol. The van der Waals surface area contributed by atoms with E-state index in [-0.39, 0.29) is 47.9 Å². The molecule has 7 heteroatoms. The fourth-order valence-electron chi connectivity index (χ4n) is 1.22. The summed E-state index contributed by atoms with van der Waals surface area (Å²) < 4.78 is 0.